The maximum absolute atomic E-state index is 12.7. The van der Waals surface area contributed by atoms with E-state index in [1.54, 1.807) is 6.20 Å². The summed E-state index contributed by atoms with van der Waals surface area (Å²) in [5.74, 6) is -0.0667. The van der Waals surface area contributed by atoms with E-state index in [0.29, 0.717) is 16.8 Å². The molecule has 24 heavy (non-hydrogen) atoms. The minimum Gasteiger partial charge on any atom is -0.333 e. The summed E-state index contributed by atoms with van der Waals surface area (Å²) in [6.07, 6.45) is 5.06. The van der Waals surface area contributed by atoms with E-state index in [2.05, 4.69) is 9.97 Å². The number of amides is 1. The van der Waals surface area contributed by atoms with Gasteiger partial charge in [0.15, 0.2) is 0 Å². The summed E-state index contributed by atoms with van der Waals surface area (Å²) < 4.78 is 1.99. The lowest BCUT2D eigenvalue weighted by Gasteiger charge is -2.24. The van der Waals surface area contributed by atoms with Crippen LogP contribution >= 0.6 is 11.3 Å². The van der Waals surface area contributed by atoms with Crippen LogP contribution in [0.2, 0.25) is 0 Å². The van der Waals surface area contributed by atoms with Crippen LogP contribution in [-0.4, -0.2) is 31.9 Å². The zero-order valence-electron chi connectivity index (χ0n) is 13.0. The second-order valence-corrected chi connectivity index (χ2v) is 6.73. The summed E-state index contributed by atoms with van der Waals surface area (Å²) in [7, 11) is 0. The standard InChI is InChI=1S/C17H16N4O2S/c22-15(10-20-11-19-13-6-9-24-16(13)17(20)23)21-8-3-5-14(21)12-4-1-2-7-18-12/h1-2,4,6-7,9,11,14H,3,5,8,10H2. The number of nitrogens with zero attached hydrogens (tertiary/aromatic N) is 4. The zero-order valence-corrected chi connectivity index (χ0v) is 13.8. The van der Waals surface area contributed by atoms with Gasteiger partial charge in [-0.1, -0.05) is 6.07 Å². The van der Waals surface area contributed by atoms with Crippen molar-refractivity contribution < 1.29 is 4.79 Å². The fourth-order valence-corrected chi connectivity index (χ4v) is 3.97. The molecule has 0 radical (unpaired) electrons. The summed E-state index contributed by atoms with van der Waals surface area (Å²) in [5.41, 5.74) is 1.43. The van der Waals surface area contributed by atoms with Gasteiger partial charge in [0, 0.05) is 12.7 Å². The van der Waals surface area contributed by atoms with Gasteiger partial charge in [-0.05, 0) is 36.4 Å². The van der Waals surface area contributed by atoms with Gasteiger partial charge in [0.2, 0.25) is 5.91 Å². The first kappa shape index (κ1) is 15.0. The average molecular weight is 340 g/mol. The minimum absolute atomic E-state index is 0.00664. The number of carbonyl (C=O) groups is 1. The Hall–Kier alpha value is -2.54. The molecule has 3 aromatic rings. The van der Waals surface area contributed by atoms with Crippen molar-refractivity contribution >= 4 is 27.5 Å². The number of hydrogen-bond acceptors (Lipinski definition) is 5. The SMILES string of the molecule is O=C(Cn1cnc2ccsc2c1=O)N1CCCC1c1ccccn1. The maximum Gasteiger partial charge on any atom is 0.271 e. The van der Waals surface area contributed by atoms with Gasteiger partial charge < -0.3 is 4.90 Å². The van der Waals surface area contributed by atoms with Gasteiger partial charge in [0.25, 0.3) is 5.56 Å². The first-order chi connectivity index (χ1) is 11.7. The fourth-order valence-electron chi connectivity index (χ4n) is 3.17. The molecule has 0 bridgehead atoms. The molecule has 6 nitrogen and oxygen atoms in total. The highest BCUT2D eigenvalue weighted by atomic mass is 32.1. The quantitative estimate of drug-likeness (QED) is 0.733. The second-order valence-electron chi connectivity index (χ2n) is 5.81. The summed E-state index contributed by atoms with van der Waals surface area (Å²) in [5, 5.41) is 1.84. The third-order valence-electron chi connectivity index (χ3n) is 4.34. The molecule has 1 fully saturated rings. The van der Waals surface area contributed by atoms with Gasteiger partial charge in [-0.25, -0.2) is 4.98 Å². The van der Waals surface area contributed by atoms with E-state index >= 15 is 0 Å². The molecule has 0 aromatic carbocycles. The lowest BCUT2D eigenvalue weighted by atomic mass is 10.1. The first-order valence-corrected chi connectivity index (χ1v) is 8.75. The van der Waals surface area contributed by atoms with Crippen molar-refractivity contribution in [1.29, 1.82) is 0 Å². The van der Waals surface area contributed by atoms with E-state index in [1.807, 2.05) is 34.5 Å². The molecule has 0 N–H and O–H groups in total. The number of likely N-dealkylation sites (tertiary alicyclic amines) is 1. The van der Waals surface area contributed by atoms with E-state index < -0.39 is 0 Å². The Morgan fingerprint density at radius 1 is 1.29 bits per heavy atom. The molecule has 0 saturated carbocycles. The summed E-state index contributed by atoms with van der Waals surface area (Å²) in [6.45, 7) is 0.715. The van der Waals surface area contributed by atoms with Gasteiger partial charge in [0.1, 0.15) is 11.2 Å². The summed E-state index contributed by atoms with van der Waals surface area (Å²) in [4.78, 5) is 35.6. The zero-order chi connectivity index (χ0) is 16.5. The molecular formula is C17H16N4O2S. The molecule has 0 spiro atoms. The highest BCUT2D eigenvalue weighted by Gasteiger charge is 2.30. The van der Waals surface area contributed by atoms with E-state index in [9.17, 15) is 9.59 Å². The van der Waals surface area contributed by atoms with Crippen molar-refractivity contribution in [2.24, 2.45) is 0 Å². The van der Waals surface area contributed by atoms with Crippen LogP contribution < -0.4 is 5.56 Å². The monoisotopic (exact) mass is 340 g/mol. The lowest BCUT2D eigenvalue weighted by molar-refractivity contribution is -0.132. The van der Waals surface area contributed by atoms with Crippen LogP contribution in [0.4, 0.5) is 0 Å². The third-order valence-corrected chi connectivity index (χ3v) is 5.24. The van der Waals surface area contributed by atoms with Crippen LogP contribution in [0.5, 0.6) is 0 Å². The van der Waals surface area contributed by atoms with Crippen molar-refractivity contribution in [2.45, 2.75) is 25.4 Å². The van der Waals surface area contributed by atoms with Crippen LogP contribution in [0.3, 0.4) is 0 Å². The van der Waals surface area contributed by atoms with Crippen molar-refractivity contribution in [1.82, 2.24) is 19.4 Å². The molecule has 0 aliphatic carbocycles. The molecule has 1 atom stereocenters. The predicted molar refractivity (Wildman–Crippen MR) is 91.8 cm³/mol. The number of pyridine rings is 1. The number of rotatable bonds is 3. The van der Waals surface area contributed by atoms with Crippen LogP contribution in [0.25, 0.3) is 10.2 Å². The topological polar surface area (TPSA) is 68.1 Å². The molecule has 1 aliphatic heterocycles. The number of carbonyl (C=O) groups excluding carboxylic acids is 1. The first-order valence-electron chi connectivity index (χ1n) is 7.87. The molecule has 3 aromatic heterocycles. The van der Waals surface area contributed by atoms with Gasteiger partial charge in [-0.3, -0.25) is 19.1 Å². The molecule has 7 heteroatoms. The van der Waals surface area contributed by atoms with Gasteiger partial charge >= 0.3 is 0 Å². The second kappa shape index (κ2) is 6.16. The van der Waals surface area contributed by atoms with E-state index in [0.717, 1.165) is 18.5 Å². The van der Waals surface area contributed by atoms with Crippen molar-refractivity contribution in [2.75, 3.05) is 6.54 Å². The summed E-state index contributed by atoms with van der Waals surface area (Å²) in [6, 6.07) is 7.55. The molecule has 1 aliphatic rings. The largest absolute Gasteiger partial charge is 0.333 e. The van der Waals surface area contributed by atoms with E-state index in [4.69, 9.17) is 0 Å². The smallest absolute Gasteiger partial charge is 0.271 e. The molecule has 1 unspecified atom stereocenters. The van der Waals surface area contributed by atoms with Gasteiger partial charge in [-0.15, -0.1) is 11.3 Å². The van der Waals surface area contributed by atoms with Crippen LogP contribution in [0.1, 0.15) is 24.6 Å². The highest BCUT2D eigenvalue weighted by molar-refractivity contribution is 7.17. The molecule has 1 saturated heterocycles. The molecule has 122 valence electrons. The van der Waals surface area contributed by atoms with Crippen molar-refractivity contribution in [3.05, 3.63) is 58.2 Å². The normalized spacial score (nSPS) is 17.5. The molecule has 4 heterocycles. The average Bonchev–Trinajstić information content (AvgIpc) is 3.27. The van der Waals surface area contributed by atoms with E-state index in [1.165, 1.54) is 22.2 Å². The number of aromatic nitrogens is 3. The Bertz CT molecular complexity index is 934. The highest BCUT2D eigenvalue weighted by Crippen LogP contribution is 2.30. The fraction of sp³-hybridized carbons (Fsp3) is 0.294. The Labute approximate surface area is 142 Å². The van der Waals surface area contributed by atoms with Gasteiger partial charge in [-0.2, -0.15) is 0 Å². The predicted octanol–water partition coefficient (Wildman–Crippen LogP) is 2.22. The van der Waals surface area contributed by atoms with Crippen molar-refractivity contribution in [3.63, 3.8) is 0 Å². The van der Waals surface area contributed by atoms with Crippen LogP contribution in [-0.2, 0) is 11.3 Å². The Balaban J connectivity index is 1.59. The molecule has 1 amide bonds. The Morgan fingerprint density at radius 3 is 3.04 bits per heavy atom. The van der Waals surface area contributed by atoms with Crippen LogP contribution in [0.15, 0.2) is 47.0 Å². The number of thiophene rings is 1. The Kier molecular flexibility index (Phi) is 3.86. The van der Waals surface area contributed by atoms with E-state index in [-0.39, 0.29) is 24.1 Å². The molecule has 4 rings (SSSR count). The summed E-state index contributed by atoms with van der Waals surface area (Å²) >= 11 is 1.35. The number of fused-ring (bicyclic) bond motifs is 1. The van der Waals surface area contributed by atoms with Crippen LogP contribution in [0, 0.1) is 0 Å². The van der Waals surface area contributed by atoms with Gasteiger partial charge in [0.05, 0.1) is 23.6 Å². The Morgan fingerprint density at radius 2 is 2.21 bits per heavy atom. The number of hydrogen-bond donors (Lipinski definition) is 0. The van der Waals surface area contributed by atoms with Crippen molar-refractivity contribution in [3.8, 4) is 0 Å². The molecular weight excluding hydrogens is 324 g/mol. The minimum atomic E-state index is -0.156. The maximum atomic E-state index is 12.7. The third kappa shape index (κ3) is 2.60. The lowest BCUT2D eigenvalue weighted by Crippen LogP contribution is -2.36.